The van der Waals surface area contributed by atoms with Crippen LogP contribution >= 0.6 is 35.4 Å². The zero-order chi connectivity index (χ0) is 19.1. The normalized spacial score (nSPS) is 11.5. The van der Waals surface area contributed by atoms with E-state index in [0.29, 0.717) is 20.9 Å². The smallest absolute Gasteiger partial charge is 0.269 e. The topological polar surface area (TPSA) is 76.4 Å². The van der Waals surface area contributed by atoms with E-state index in [0.717, 1.165) is 12.0 Å². The summed E-state index contributed by atoms with van der Waals surface area (Å²) in [6.45, 7) is 2.14. The van der Waals surface area contributed by atoms with E-state index < -0.39 is 4.92 Å². The minimum atomic E-state index is -0.462. The number of nitrogens with zero attached hydrogens (tertiary/aromatic N) is 1. The molecule has 0 bridgehead atoms. The number of hydrogen-bond acceptors (Lipinski definition) is 4. The van der Waals surface area contributed by atoms with Crippen LogP contribution in [0.5, 0.6) is 5.75 Å². The van der Waals surface area contributed by atoms with Crippen LogP contribution in [0.3, 0.4) is 0 Å². The van der Waals surface area contributed by atoms with Gasteiger partial charge in [0.2, 0.25) is 0 Å². The summed E-state index contributed by atoms with van der Waals surface area (Å²) in [4.78, 5) is 10.1. The van der Waals surface area contributed by atoms with E-state index in [1.165, 1.54) is 24.3 Å². The summed E-state index contributed by atoms with van der Waals surface area (Å²) in [5, 5.41) is 18.2. The Morgan fingerprint density at radius 3 is 2.54 bits per heavy atom. The molecule has 0 fully saturated rings. The maximum absolute atomic E-state index is 10.6. The van der Waals surface area contributed by atoms with Crippen LogP contribution in [0.25, 0.3) is 0 Å². The van der Waals surface area contributed by atoms with Crippen molar-refractivity contribution in [3.8, 4) is 5.75 Å². The van der Waals surface area contributed by atoms with Gasteiger partial charge in [0.15, 0.2) is 11.8 Å². The van der Waals surface area contributed by atoms with E-state index in [1.54, 1.807) is 6.07 Å². The Morgan fingerprint density at radius 2 is 1.92 bits per heavy atom. The lowest BCUT2D eigenvalue weighted by molar-refractivity contribution is -0.384. The quantitative estimate of drug-likeness (QED) is 0.304. The van der Waals surface area contributed by atoms with Gasteiger partial charge in [0.25, 0.3) is 5.69 Å². The maximum Gasteiger partial charge on any atom is 0.269 e. The number of non-ortho nitro benzene ring substituents is 1. The third-order valence-corrected chi connectivity index (χ3v) is 4.42. The molecule has 0 aliphatic carbocycles. The second-order valence-corrected chi connectivity index (χ2v) is 6.77. The first-order valence-corrected chi connectivity index (χ1v) is 8.87. The molecular formula is C17H17Cl2N3O3S. The van der Waals surface area contributed by atoms with Crippen LogP contribution in [0.4, 0.5) is 5.69 Å². The van der Waals surface area contributed by atoms with E-state index in [1.807, 2.05) is 19.1 Å². The van der Waals surface area contributed by atoms with Crippen LogP contribution < -0.4 is 15.4 Å². The average molecular weight is 414 g/mol. The lowest BCUT2D eigenvalue weighted by Gasteiger charge is -2.17. The highest BCUT2D eigenvalue weighted by Gasteiger charge is 2.08. The summed E-state index contributed by atoms with van der Waals surface area (Å²) >= 11 is 17.1. The molecule has 0 aliphatic heterocycles. The Bertz CT molecular complexity index is 787. The lowest BCUT2D eigenvalue weighted by atomic mass is 10.1. The Hall–Kier alpha value is -2.09. The number of benzene rings is 2. The number of hydrogen-bond donors (Lipinski definition) is 2. The second-order valence-electron chi connectivity index (χ2n) is 5.54. The number of ether oxygens (including phenoxy) is 1. The molecule has 2 aromatic carbocycles. The molecule has 0 saturated heterocycles. The number of nitro groups is 1. The van der Waals surface area contributed by atoms with Gasteiger partial charge >= 0.3 is 0 Å². The van der Waals surface area contributed by atoms with Crippen molar-refractivity contribution < 1.29 is 9.66 Å². The summed E-state index contributed by atoms with van der Waals surface area (Å²) in [5.41, 5.74) is 1.06. The highest BCUT2D eigenvalue weighted by molar-refractivity contribution is 7.80. The molecule has 0 heterocycles. The SMILES string of the molecule is CC(Cc1ccc(Cl)c(Cl)c1)NC(=S)NCOc1ccc([N+](=O)[O-])cc1. The zero-order valence-electron chi connectivity index (χ0n) is 13.9. The summed E-state index contributed by atoms with van der Waals surface area (Å²) < 4.78 is 5.45. The minimum absolute atomic E-state index is 0.0126. The molecule has 26 heavy (non-hydrogen) atoms. The van der Waals surface area contributed by atoms with Gasteiger partial charge in [0.05, 0.1) is 15.0 Å². The van der Waals surface area contributed by atoms with Gasteiger partial charge in [-0.25, -0.2) is 0 Å². The third kappa shape index (κ3) is 6.33. The number of nitro benzene ring substituents is 1. The van der Waals surface area contributed by atoms with Crippen LogP contribution in [0.15, 0.2) is 42.5 Å². The molecule has 1 atom stereocenters. The van der Waals surface area contributed by atoms with Crippen molar-refractivity contribution in [2.24, 2.45) is 0 Å². The van der Waals surface area contributed by atoms with Gasteiger partial charge in [-0.2, -0.15) is 0 Å². The van der Waals surface area contributed by atoms with Crippen LogP contribution in [0.1, 0.15) is 12.5 Å². The highest BCUT2D eigenvalue weighted by Crippen LogP contribution is 2.23. The highest BCUT2D eigenvalue weighted by atomic mass is 35.5. The molecule has 138 valence electrons. The number of rotatable bonds is 7. The minimum Gasteiger partial charge on any atom is -0.473 e. The van der Waals surface area contributed by atoms with Gasteiger partial charge in [-0.3, -0.25) is 10.1 Å². The first-order chi connectivity index (χ1) is 12.3. The van der Waals surface area contributed by atoms with Crippen molar-refractivity contribution in [3.05, 3.63) is 68.2 Å². The predicted molar refractivity (Wildman–Crippen MR) is 107 cm³/mol. The van der Waals surface area contributed by atoms with E-state index in [2.05, 4.69) is 10.6 Å². The largest absolute Gasteiger partial charge is 0.473 e. The molecule has 2 N–H and O–H groups in total. The van der Waals surface area contributed by atoms with E-state index in [4.69, 9.17) is 40.2 Å². The van der Waals surface area contributed by atoms with Crippen LogP contribution in [-0.2, 0) is 6.42 Å². The van der Waals surface area contributed by atoms with E-state index in [9.17, 15) is 10.1 Å². The molecule has 2 aromatic rings. The van der Waals surface area contributed by atoms with Gasteiger partial charge in [-0.15, -0.1) is 0 Å². The molecule has 0 aliphatic rings. The molecule has 0 amide bonds. The van der Waals surface area contributed by atoms with E-state index >= 15 is 0 Å². The molecule has 0 spiro atoms. The molecule has 0 saturated carbocycles. The molecular weight excluding hydrogens is 397 g/mol. The van der Waals surface area contributed by atoms with Crippen LogP contribution in [0.2, 0.25) is 10.0 Å². The number of halogens is 2. The third-order valence-electron chi connectivity index (χ3n) is 3.42. The molecule has 0 aromatic heterocycles. The van der Waals surface area contributed by atoms with Crippen LogP contribution in [-0.4, -0.2) is 22.8 Å². The van der Waals surface area contributed by atoms with Gasteiger partial charge in [-0.1, -0.05) is 29.3 Å². The summed E-state index contributed by atoms with van der Waals surface area (Å²) in [6, 6.07) is 11.4. The molecule has 0 radical (unpaired) electrons. The van der Waals surface area contributed by atoms with Crippen molar-refractivity contribution in [1.82, 2.24) is 10.6 Å². The first-order valence-electron chi connectivity index (χ1n) is 7.70. The van der Waals surface area contributed by atoms with Gasteiger partial charge in [-0.05, 0) is 55.4 Å². The monoisotopic (exact) mass is 413 g/mol. The molecule has 9 heteroatoms. The van der Waals surface area contributed by atoms with Gasteiger partial charge in [0, 0.05) is 18.2 Å². The number of thiocarbonyl (C=S) groups is 1. The first kappa shape index (κ1) is 20.2. The fraction of sp³-hybridized carbons (Fsp3) is 0.235. The standard InChI is InChI=1S/C17H17Cl2N3O3S/c1-11(8-12-2-7-15(18)16(19)9-12)21-17(26)20-10-25-14-5-3-13(4-6-14)22(23)24/h2-7,9,11H,8,10H2,1H3,(H2,20,21,26). The number of nitrogens with one attached hydrogen (secondary N) is 2. The Balaban J connectivity index is 1.73. The fourth-order valence-corrected chi connectivity index (χ4v) is 2.78. The average Bonchev–Trinajstić information content (AvgIpc) is 2.58. The Kier molecular flexibility index (Phi) is 7.44. The van der Waals surface area contributed by atoms with Crippen molar-refractivity contribution in [2.45, 2.75) is 19.4 Å². The van der Waals surface area contributed by atoms with Gasteiger partial charge < -0.3 is 15.4 Å². The van der Waals surface area contributed by atoms with Crippen molar-refractivity contribution in [3.63, 3.8) is 0 Å². The van der Waals surface area contributed by atoms with Crippen molar-refractivity contribution in [1.29, 1.82) is 0 Å². The van der Waals surface area contributed by atoms with Crippen molar-refractivity contribution >= 4 is 46.2 Å². The summed E-state index contributed by atoms with van der Waals surface area (Å²) in [7, 11) is 0. The summed E-state index contributed by atoms with van der Waals surface area (Å²) in [6.07, 6.45) is 0.724. The summed E-state index contributed by atoms with van der Waals surface area (Å²) in [5.74, 6) is 0.509. The Morgan fingerprint density at radius 1 is 1.23 bits per heavy atom. The maximum atomic E-state index is 10.6. The lowest BCUT2D eigenvalue weighted by Crippen LogP contribution is -2.42. The Labute approximate surface area is 166 Å². The van der Waals surface area contributed by atoms with Crippen LogP contribution in [0, 0.1) is 10.1 Å². The van der Waals surface area contributed by atoms with E-state index in [-0.39, 0.29) is 18.5 Å². The molecule has 2 rings (SSSR count). The second kappa shape index (κ2) is 9.56. The fourth-order valence-electron chi connectivity index (χ4n) is 2.20. The zero-order valence-corrected chi connectivity index (χ0v) is 16.2. The van der Waals surface area contributed by atoms with Gasteiger partial charge in [0.1, 0.15) is 5.75 Å². The predicted octanol–water partition coefficient (Wildman–Crippen LogP) is 4.33. The van der Waals surface area contributed by atoms with Crippen molar-refractivity contribution in [2.75, 3.05) is 6.73 Å². The molecule has 1 unspecified atom stereocenters. The molecule has 6 nitrogen and oxygen atoms in total.